The third kappa shape index (κ3) is 7.97. The van der Waals surface area contributed by atoms with Crippen molar-refractivity contribution in [3.8, 4) is 5.75 Å². The van der Waals surface area contributed by atoms with Crippen molar-refractivity contribution < 1.29 is 34.8 Å². The number of phenolic OH excluding ortho intramolecular Hbond substituents is 1. The second-order valence-corrected chi connectivity index (χ2v) is 26.9. The third-order valence-electron chi connectivity index (χ3n) is 23.0. The Kier molecular flexibility index (Phi) is 13.2. The summed E-state index contributed by atoms with van der Waals surface area (Å²) in [4.78, 5) is 31.4. The third-order valence-corrected chi connectivity index (χ3v) is 23.0. The first-order valence-electron chi connectivity index (χ1n) is 28.9. The first kappa shape index (κ1) is 51.0. The SMILES string of the molecule is CNCc1cc(O)cc(C2CC3(C)C4C(CC5(CCO)C3CCC3=C(C6C7CCCCC7CCC6C(O)C6OC6(C)C6CCCC6c6cccc(N)c6)C(=O)CC35C)NCC(C)(O)CCCCC4(C)C2=O)c1. The summed E-state index contributed by atoms with van der Waals surface area (Å²) in [6.07, 6.45) is 15.9. The number of hydrogen-bond donors (Lipinski definition) is 7. The molecule has 18 atom stereocenters. The van der Waals surface area contributed by atoms with Crippen molar-refractivity contribution in [3.63, 3.8) is 0 Å². The zero-order valence-corrected chi connectivity index (χ0v) is 44.6. The lowest BCUT2D eigenvalue weighted by Crippen LogP contribution is -2.71. The maximum Gasteiger partial charge on any atom is 0.160 e. The molecule has 0 spiro atoms. The molecule has 394 valence electrons. The van der Waals surface area contributed by atoms with E-state index in [4.69, 9.17) is 10.5 Å². The highest BCUT2D eigenvalue weighted by Gasteiger charge is 2.74. The summed E-state index contributed by atoms with van der Waals surface area (Å²) < 4.78 is 6.86. The molecule has 2 saturated heterocycles. The Labute approximate surface area is 430 Å². The molecule has 2 aromatic carbocycles. The lowest BCUT2D eigenvalue weighted by Gasteiger charge is -2.72. The van der Waals surface area contributed by atoms with E-state index in [1.807, 2.05) is 26.1 Å². The van der Waals surface area contributed by atoms with Gasteiger partial charge in [-0.3, -0.25) is 9.59 Å². The van der Waals surface area contributed by atoms with Gasteiger partial charge in [-0.25, -0.2) is 0 Å². The quantitative estimate of drug-likeness (QED) is 0.0896. The maximum atomic E-state index is 15.8. The highest BCUT2D eigenvalue weighted by Crippen LogP contribution is 2.77. The topological polar surface area (TPSA) is 178 Å². The van der Waals surface area contributed by atoms with Crippen LogP contribution in [-0.4, -0.2) is 81.6 Å². The molecule has 7 aliphatic carbocycles. The van der Waals surface area contributed by atoms with E-state index in [9.17, 15) is 20.4 Å². The Hall–Kier alpha value is -3.12. The van der Waals surface area contributed by atoms with Crippen LogP contribution in [-0.2, 0) is 20.9 Å². The summed E-state index contributed by atoms with van der Waals surface area (Å²) in [5.74, 6) is 1.69. The van der Waals surface area contributed by atoms with Gasteiger partial charge in [0.2, 0.25) is 0 Å². The number of β-amino-alcohol motifs (C(OH)–C–C–N with tert-alkyl or cyclic N) is 1. The number of carbonyl (C=O) groups excluding carboxylic acids is 2. The van der Waals surface area contributed by atoms with Gasteiger partial charge >= 0.3 is 0 Å². The molecule has 18 unspecified atom stereocenters. The molecule has 9 aliphatic rings. The molecule has 2 aliphatic heterocycles. The minimum atomic E-state index is -0.918. The van der Waals surface area contributed by atoms with Crippen molar-refractivity contribution in [2.45, 2.75) is 204 Å². The molecule has 0 bridgehead atoms. The average Bonchev–Trinajstić information content (AvgIpc) is 3.63. The van der Waals surface area contributed by atoms with E-state index < -0.39 is 44.9 Å². The Bertz CT molecular complexity index is 2450. The standard InChI is InChI=1S/C62H89N3O7/c1-57(71)23-9-10-24-58(2)54-48(65-35-57)32-62(25-26-66)50(59(54,3)31-45(55(58)70)39-27-36(34-64-6)28-41(67)30-39)22-21-47-52(49(68)33-60(47,62)4)51-43-16-8-7-13-37(43)19-20-44(51)53(69)56-61(5,72-56)46-18-12-17-42(46)38-14-11-15-40(63)29-38/h11,14-15,27-30,37,42-46,48,50-51,53-54,56,64-67,69,71H,7-10,12-13,16-26,31-35,63H2,1-6H3. The Morgan fingerprint density at radius 3 is 2.46 bits per heavy atom. The number of aliphatic hydroxyl groups is 3. The molecule has 0 aromatic heterocycles. The van der Waals surface area contributed by atoms with E-state index in [2.05, 4.69) is 62.6 Å². The molecular formula is C62H89N3O7. The zero-order chi connectivity index (χ0) is 50.8. The molecular weight excluding hydrogens is 899 g/mol. The van der Waals surface area contributed by atoms with Crippen LogP contribution in [0.25, 0.3) is 0 Å². The van der Waals surface area contributed by atoms with E-state index in [0.717, 1.165) is 99.4 Å². The van der Waals surface area contributed by atoms with Gasteiger partial charge in [-0.05, 0) is 203 Å². The van der Waals surface area contributed by atoms with Crippen molar-refractivity contribution in [1.82, 2.24) is 10.6 Å². The highest BCUT2D eigenvalue weighted by molar-refractivity contribution is 6.01. The highest BCUT2D eigenvalue weighted by atomic mass is 16.6. The molecule has 11 rings (SSSR count). The zero-order valence-electron chi connectivity index (χ0n) is 44.6. The first-order valence-corrected chi connectivity index (χ1v) is 28.9. The van der Waals surface area contributed by atoms with Crippen molar-refractivity contribution in [1.29, 1.82) is 0 Å². The number of Topliss-reactive ketones (excluding diaryl/α,β-unsaturated/α-hetero) is 2. The number of aliphatic hydroxyl groups excluding tert-OH is 2. The molecule has 2 heterocycles. The fourth-order valence-corrected chi connectivity index (χ4v) is 20.2. The molecule has 10 nitrogen and oxygen atoms in total. The van der Waals surface area contributed by atoms with Crippen molar-refractivity contribution >= 4 is 17.3 Å². The fourth-order valence-electron chi connectivity index (χ4n) is 20.2. The van der Waals surface area contributed by atoms with Gasteiger partial charge in [0.05, 0.1) is 17.3 Å². The van der Waals surface area contributed by atoms with E-state index in [0.29, 0.717) is 62.9 Å². The normalized spacial score (nSPS) is 45.4. The summed E-state index contributed by atoms with van der Waals surface area (Å²) in [7, 11) is 1.90. The number of hydrogen-bond acceptors (Lipinski definition) is 10. The lowest BCUT2D eigenvalue weighted by atomic mass is 9.33. The van der Waals surface area contributed by atoms with Gasteiger partial charge in [-0.2, -0.15) is 0 Å². The molecule has 8 fully saturated rings. The minimum Gasteiger partial charge on any atom is -0.508 e. The van der Waals surface area contributed by atoms with Crippen LogP contribution >= 0.6 is 0 Å². The number of allylic oxidation sites excluding steroid dienone is 2. The predicted molar refractivity (Wildman–Crippen MR) is 282 cm³/mol. The second-order valence-electron chi connectivity index (χ2n) is 26.9. The average molecular weight is 988 g/mol. The number of carbonyl (C=O) groups is 2. The number of nitrogens with one attached hydrogen (secondary N) is 2. The van der Waals surface area contributed by atoms with Gasteiger partial charge in [0.15, 0.2) is 5.78 Å². The van der Waals surface area contributed by atoms with Crippen LogP contribution in [0.5, 0.6) is 5.75 Å². The Balaban J connectivity index is 1.01. The van der Waals surface area contributed by atoms with Crippen LogP contribution in [0.3, 0.4) is 0 Å². The van der Waals surface area contributed by atoms with Crippen LogP contribution in [0.15, 0.2) is 53.6 Å². The molecule has 0 amide bonds. The minimum absolute atomic E-state index is 0.00155. The number of fused-ring (bicyclic) bond motifs is 5. The summed E-state index contributed by atoms with van der Waals surface area (Å²) in [5.41, 5.74) is 9.05. The van der Waals surface area contributed by atoms with Gasteiger partial charge in [-0.15, -0.1) is 0 Å². The van der Waals surface area contributed by atoms with Gasteiger partial charge in [0, 0.05) is 54.6 Å². The number of ether oxygens (including phenoxy) is 1. The number of ketones is 2. The number of nitrogen functional groups attached to an aromatic ring is 1. The van der Waals surface area contributed by atoms with E-state index >= 15 is 9.59 Å². The number of nitrogens with two attached hydrogens (primary N) is 1. The number of anilines is 1. The Morgan fingerprint density at radius 2 is 1.68 bits per heavy atom. The number of phenols is 1. The van der Waals surface area contributed by atoms with Crippen molar-refractivity contribution in [3.05, 3.63) is 70.3 Å². The summed E-state index contributed by atoms with van der Waals surface area (Å²) in [5, 5.41) is 54.9. The largest absolute Gasteiger partial charge is 0.508 e. The number of aromatic hydroxyl groups is 1. The number of rotatable bonds is 10. The number of benzene rings is 2. The summed E-state index contributed by atoms with van der Waals surface area (Å²) >= 11 is 0. The van der Waals surface area contributed by atoms with Crippen LogP contribution in [0.4, 0.5) is 5.69 Å². The molecule has 2 aromatic rings. The van der Waals surface area contributed by atoms with E-state index in [1.165, 1.54) is 24.0 Å². The molecule has 10 heteroatoms. The van der Waals surface area contributed by atoms with Crippen LogP contribution in [0.1, 0.15) is 185 Å². The van der Waals surface area contributed by atoms with Gasteiger partial charge < -0.3 is 41.5 Å². The molecule has 8 N–H and O–H groups in total. The van der Waals surface area contributed by atoms with Crippen LogP contribution < -0.4 is 16.4 Å². The molecule has 6 saturated carbocycles. The Morgan fingerprint density at radius 1 is 0.889 bits per heavy atom. The van der Waals surface area contributed by atoms with Gasteiger partial charge in [0.1, 0.15) is 17.6 Å². The van der Waals surface area contributed by atoms with Crippen LogP contribution in [0, 0.1) is 63.1 Å². The van der Waals surface area contributed by atoms with Crippen molar-refractivity contribution in [2.24, 2.45) is 63.1 Å². The maximum absolute atomic E-state index is 15.8. The van der Waals surface area contributed by atoms with Crippen molar-refractivity contribution in [2.75, 3.05) is 25.9 Å². The number of epoxide rings is 1. The van der Waals surface area contributed by atoms with Gasteiger partial charge in [0.25, 0.3) is 0 Å². The second kappa shape index (κ2) is 18.6. The summed E-state index contributed by atoms with van der Waals surface area (Å²) in [6.45, 7) is 12.3. The monoisotopic (exact) mass is 988 g/mol. The summed E-state index contributed by atoms with van der Waals surface area (Å²) in [6, 6.07) is 14.0. The van der Waals surface area contributed by atoms with E-state index in [-0.39, 0.29) is 65.7 Å². The smallest absolute Gasteiger partial charge is 0.160 e. The lowest BCUT2D eigenvalue weighted by molar-refractivity contribution is -0.208. The molecule has 0 radical (unpaired) electrons. The predicted octanol–water partition coefficient (Wildman–Crippen LogP) is 10.1. The first-order chi connectivity index (χ1) is 34.3. The van der Waals surface area contributed by atoms with Crippen LogP contribution in [0.2, 0.25) is 0 Å². The van der Waals surface area contributed by atoms with Gasteiger partial charge in [-0.1, -0.05) is 83.1 Å². The van der Waals surface area contributed by atoms with E-state index in [1.54, 1.807) is 6.07 Å². The molecule has 72 heavy (non-hydrogen) atoms. The fraction of sp³-hybridized carbons (Fsp3) is 0.742.